The summed E-state index contributed by atoms with van der Waals surface area (Å²) >= 11 is 0. The number of hydrogen-bond acceptors (Lipinski definition) is 1. The zero-order chi connectivity index (χ0) is 12.1. The van der Waals surface area contributed by atoms with Crippen LogP contribution in [0.4, 0.5) is 8.78 Å². The molecule has 3 heteroatoms. The number of benzene rings is 1. The Balaban J connectivity index is 3.20. The molecule has 16 heavy (non-hydrogen) atoms. The first-order valence-corrected chi connectivity index (χ1v) is 4.92. The third-order valence-electron chi connectivity index (χ3n) is 2.36. The fourth-order valence-electron chi connectivity index (χ4n) is 1.50. The van der Waals surface area contributed by atoms with E-state index in [1.807, 2.05) is 13.0 Å². The van der Waals surface area contributed by atoms with Gasteiger partial charge in [0.2, 0.25) is 0 Å². The van der Waals surface area contributed by atoms with Crippen molar-refractivity contribution in [3.8, 4) is 5.75 Å². The largest absolute Gasteiger partial charge is 0.434 e. The van der Waals surface area contributed by atoms with Gasteiger partial charge >= 0.3 is 6.61 Å². The monoisotopic (exact) mass is 224 g/mol. The minimum Gasteiger partial charge on any atom is -0.434 e. The fourth-order valence-corrected chi connectivity index (χ4v) is 1.50. The summed E-state index contributed by atoms with van der Waals surface area (Å²) < 4.78 is 28.8. The quantitative estimate of drug-likeness (QED) is 0.680. The van der Waals surface area contributed by atoms with Crippen molar-refractivity contribution in [1.29, 1.82) is 0 Å². The van der Waals surface area contributed by atoms with Crippen LogP contribution in [0.25, 0.3) is 6.08 Å². The van der Waals surface area contributed by atoms with E-state index < -0.39 is 6.61 Å². The van der Waals surface area contributed by atoms with E-state index in [0.717, 1.165) is 5.56 Å². The molecule has 0 aliphatic rings. The van der Waals surface area contributed by atoms with Crippen LogP contribution in [0.3, 0.4) is 0 Å². The van der Waals surface area contributed by atoms with Crippen LogP contribution in [0.2, 0.25) is 0 Å². The molecular formula is C13H14F2O. The van der Waals surface area contributed by atoms with Gasteiger partial charge in [0, 0.05) is 5.56 Å². The van der Waals surface area contributed by atoms with E-state index in [0.29, 0.717) is 5.56 Å². The summed E-state index contributed by atoms with van der Waals surface area (Å²) in [6.45, 7) is 6.40. The molecule has 1 aromatic carbocycles. The highest BCUT2D eigenvalue weighted by atomic mass is 19.3. The SMILES string of the molecule is C=Cc1c(OC(F)F)cccc1C(C)C=C. The van der Waals surface area contributed by atoms with Crippen molar-refractivity contribution < 1.29 is 13.5 Å². The minimum atomic E-state index is -2.83. The Labute approximate surface area is 94.1 Å². The van der Waals surface area contributed by atoms with Crippen LogP contribution in [0, 0.1) is 0 Å². The second-order valence-corrected chi connectivity index (χ2v) is 3.37. The van der Waals surface area contributed by atoms with E-state index in [9.17, 15) is 8.78 Å². The van der Waals surface area contributed by atoms with Crippen LogP contribution in [-0.2, 0) is 0 Å². The molecule has 0 aliphatic carbocycles. The van der Waals surface area contributed by atoms with Gasteiger partial charge in [-0.3, -0.25) is 0 Å². The molecule has 1 rings (SSSR count). The second kappa shape index (κ2) is 5.45. The Kier molecular flexibility index (Phi) is 4.23. The van der Waals surface area contributed by atoms with Crippen LogP contribution in [-0.4, -0.2) is 6.61 Å². The Morgan fingerprint density at radius 1 is 1.31 bits per heavy atom. The lowest BCUT2D eigenvalue weighted by Gasteiger charge is -2.15. The molecule has 0 N–H and O–H groups in total. The average molecular weight is 224 g/mol. The summed E-state index contributed by atoms with van der Waals surface area (Å²) in [5.41, 5.74) is 1.47. The Bertz CT molecular complexity index is 386. The van der Waals surface area contributed by atoms with Gasteiger partial charge in [-0.2, -0.15) is 8.78 Å². The van der Waals surface area contributed by atoms with Crippen LogP contribution < -0.4 is 4.74 Å². The van der Waals surface area contributed by atoms with E-state index in [4.69, 9.17) is 0 Å². The lowest BCUT2D eigenvalue weighted by Crippen LogP contribution is -2.05. The van der Waals surface area contributed by atoms with Crippen LogP contribution in [0.1, 0.15) is 24.0 Å². The summed E-state index contributed by atoms with van der Waals surface area (Å²) in [6, 6.07) is 5.03. The minimum absolute atomic E-state index is 0.0641. The van der Waals surface area contributed by atoms with Crippen molar-refractivity contribution in [3.63, 3.8) is 0 Å². The first kappa shape index (κ1) is 12.4. The lowest BCUT2D eigenvalue weighted by atomic mass is 9.95. The van der Waals surface area contributed by atoms with E-state index in [2.05, 4.69) is 17.9 Å². The fraction of sp³-hybridized carbons (Fsp3) is 0.231. The van der Waals surface area contributed by atoms with Gasteiger partial charge in [-0.15, -0.1) is 6.58 Å². The van der Waals surface area contributed by atoms with Crippen molar-refractivity contribution in [2.75, 3.05) is 0 Å². The molecule has 0 aliphatic heterocycles. The number of rotatable bonds is 5. The molecule has 86 valence electrons. The van der Waals surface area contributed by atoms with E-state index in [-0.39, 0.29) is 11.7 Å². The second-order valence-electron chi connectivity index (χ2n) is 3.37. The Hall–Kier alpha value is -1.64. The number of halogens is 2. The van der Waals surface area contributed by atoms with E-state index in [1.165, 1.54) is 12.1 Å². The zero-order valence-electron chi connectivity index (χ0n) is 9.12. The van der Waals surface area contributed by atoms with Crippen LogP contribution >= 0.6 is 0 Å². The molecule has 0 spiro atoms. The number of allylic oxidation sites excluding steroid dienone is 1. The van der Waals surface area contributed by atoms with Crippen LogP contribution in [0.5, 0.6) is 5.75 Å². The highest BCUT2D eigenvalue weighted by Gasteiger charge is 2.13. The average Bonchev–Trinajstić information content (AvgIpc) is 2.27. The summed E-state index contributed by atoms with van der Waals surface area (Å²) in [7, 11) is 0. The topological polar surface area (TPSA) is 9.23 Å². The van der Waals surface area contributed by atoms with Gasteiger partial charge in [-0.25, -0.2) is 0 Å². The van der Waals surface area contributed by atoms with Crippen molar-refractivity contribution in [3.05, 3.63) is 48.6 Å². The molecule has 0 fully saturated rings. The van der Waals surface area contributed by atoms with Gasteiger partial charge in [-0.1, -0.05) is 37.8 Å². The summed E-state index contributed by atoms with van der Waals surface area (Å²) in [5.74, 6) is 0.213. The standard InChI is InChI=1S/C13H14F2O/c1-4-9(3)11-7-6-8-12(10(11)5-2)16-13(14)15/h4-9,13H,1-2H2,3H3. The van der Waals surface area contributed by atoms with E-state index in [1.54, 1.807) is 12.1 Å². The maximum absolute atomic E-state index is 12.2. The lowest BCUT2D eigenvalue weighted by molar-refractivity contribution is -0.0500. The smallest absolute Gasteiger partial charge is 0.387 e. The van der Waals surface area contributed by atoms with Gasteiger partial charge in [0.05, 0.1) is 0 Å². The maximum Gasteiger partial charge on any atom is 0.387 e. The highest BCUT2D eigenvalue weighted by molar-refractivity contribution is 5.61. The van der Waals surface area contributed by atoms with Crippen molar-refractivity contribution in [2.45, 2.75) is 19.5 Å². The molecule has 1 aromatic rings. The first-order valence-electron chi connectivity index (χ1n) is 4.92. The normalized spacial score (nSPS) is 12.2. The number of alkyl halides is 2. The van der Waals surface area contributed by atoms with Gasteiger partial charge in [0.15, 0.2) is 0 Å². The van der Waals surface area contributed by atoms with Gasteiger partial charge in [-0.05, 0) is 17.5 Å². The number of ether oxygens (including phenoxy) is 1. The van der Waals surface area contributed by atoms with Crippen LogP contribution in [0.15, 0.2) is 37.4 Å². The molecule has 0 saturated heterocycles. The molecular weight excluding hydrogens is 210 g/mol. The summed E-state index contributed by atoms with van der Waals surface area (Å²) in [6.07, 6.45) is 3.27. The molecule has 0 heterocycles. The van der Waals surface area contributed by atoms with Crippen molar-refractivity contribution >= 4 is 6.08 Å². The van der Waals surface area contributed by atoms with Gasteiger partial charge < -0.3 is 4.74 Å². The zero-order valence-corrected chi connectivity index (χ0v) is 9.12. The predicted octanol–water partition coefficient (Wildman–Crippen LogP) is 4.22. The van der Waals surface area contributed by atoms with Gasteiger partial charge in [0.25, 0.3) is 0 Å². The molecule has 0 bridgehead atoms. The maximum atomic E-state index is 12.2. The number of hydrogen-bond donors (Lipinski definition) is 0. The van der Waals surface area contributed by atoms with Crippen molar-refractivity contribution in [2.24, 2.45) is 0 Å². The molecule has 1 unspecified atom stereocenters. The molecule has 1 nitrogen and oxygen atoms in total. The third-order valence-corrected chi connectivity index (χ3v) is 2.36. The van der Waals surface area contributed by atoms with Gasteiger partial charge in [0.1, 0.15) is 5.75 Å². The first-order chi connectivity index (χ1) is 7.60. The Morgan fingerprint density at radius 3 is 2.50 bits per heavy atom. The molecule has 0 radical (unpaired) electrons. The molecule has 0 aromatic heterocycles. The molecule has 0 amide bonds. The molecule has 1 atom stereocenters. The third kappa shape index (κ3) is 2.69. The predicted molar refractivity (Wildman–Crippen MR) is 61.8 cm³/mol. The van der Waals surface area contributed by atoms with E-state index >= 15 is 0 Å². The Morgan fingerprint density at radius 2 is 2.00 bits per heavy atom. The molecule has 0 saturated carbocycles. The highest BCUT2D eigenvalue weighted by Crippen LogP contribution is 2.30. The van der Waals surface area contributed by atoms with Crippen molar-refractivity contribution in [1.82, 2.24) is 0 Å². The summed E-state index contributed by atoms with van der Waals surface area (Å²) in [4.78, 5) is 0. The summed E-state index contributed by atoms with van der Waals surface area (Å²) in [5, 5.41) is 0.